The molecule has 1 aliphatic heterocycles. The third-order valence-electron chi connectivity index (χ3n) is 2.96. The van der Waals surface area contributed by atoms with Crippen molar-refractivity contribution in [3.8, 4) is 0 Å². The van der Waals surface area contributed by atoms with E-state index >= 15 is 0 Å². The van der Waals surface area contributed by atoms with Crippen LogP contribution in [0.5, 0.6) is 0 Å². The second-order valence-corrected chi connectivity index (χ2v) is 5.45. The van der Waals surface area contributed by atoms with Crippen LogP contribution in [-0.4, -0.2) is 47.6 Å². The van der Waals surface area contributed by atoms with Gasteiger partial charge in [0.1, 0.15) is 6.04 Å². The highest BCUT2D eigenvalue weighted by Gasteiger charge is 2.32. The first kappa shape index (κ1) is 14.3. The van der Waals surface area contributed by atoms with Crippen LogP contribution in [0.2, 0.25) is 5.02 Å². The third kappa shape index (κ3) is 3.08. The molecule has 1 aliphatic rings. The number of hydrogen-bond donors (Lipinski definition) is 2. The van der Waals surface area contributed by atoms with Crippen LogP contribution in [0.4, 0.5) is 0 Å². The van der Waals surface area contributed by atoms with E-state index in [1.807, 2.05) is 0 Å². The highest BCUT2D eigenvalue weighted by Crippen LogP contribution is 2.24. The number of carbonyl (C=O) groups excluding carboxylic acids is 1. The standard InChI is InChI=1S/C12H12BrClN2O3/c13-8-2-1-7(5-9(8)14)11(17)16-4-3-15-6-10(16)12(18)19/h1-2,5,10,15H,3-4,6H2,(H,18,19). The molecule has 0 bridgehead atoms. The molecule has 7 heteroatoms. The molecule has 102 valence electrons. The highest BCUT2D eigenvalue weighted by atomic mass is 79.9. The number of carboxylic acids is 1. The fourth-order valence-corrected chi connectivity index (χ4v) is 2.39. The fraction of sp³-hybridized carbons (Fsp3) is 0.333. The van der Waals surface area contributed by atoms with E-state index in [1.165, 1.54) is 11.0 Å². The lowest BCUT2D eigenvalue weighted by atomic mass is 10.1. The van der Waals surface area contributed by atoms with Gasteiger partial charge in [0.25, 0.3) is 5.91 Å². The molecule has 1 aromatic carbocycles. The summed E-state index contributed by atoms with van der Waals surface area (Å²) in [5.41, 5.74) is 0.390. The second-order valence-electron chi connectivity index (χ2n) is 4.19. The Morgan fingerprint density at radius 2 is 2.21 bits per heavy atom. The van der Waals surface area contributed by atoms with Crippen molar-refractivity contribution in [2.75, 3.05) is 19.6 Å². The molecule has 1 amide bonds. The van der Waals surface area contributed by atoms with Crippen LogP contribution in [0.25, 0.3) is 0 Å². The van der Waals surface area contributed by atoms with Gasteiger partial charge in [-0.25, -0.2) is 4.79 Å². The van der Waals surface area contributed by atoms with Gasteiger partial charge in [-0.3, -0.25) is 4.79 Å². The summed E-state index contributed by atoms with van der Waals surface area (Å²) < 4.78 is 0.695. The number of carbonyl (C=O) groups is 2. The molecule has 5 nitrogen and oxygen atoms in total. The van der Waals surface area contributed by atoms with Gasteiger partial charge in [-0.1, -0.05) is 11.6 Å². The van der Waals surface area contributed by atoms with E-state index in [2.05, 4.69) is 21.2 Å². The number of carboxylic acid groups (broad SMARTS) is 1. The summed E-state index contributed by atoms with van der Waals surface area (Å²) in [7, 11) is 0. The van der Waals surface area contributed by atoms with E-state index in [0.717, 1.165) is 0 Å². The maximum atomic E-state index is 12.3. The number of benzene rings is 1. The van der Waals surface area contributed by atoms with Gasteiger partial charge in [0.05, 0.1) is 5.02 Å². The van der Waals surface area contributed by atoms with Gasteiger partial charge < -0.3 is 15.3 Å². The summed E-state index contributed by atoms with van der Waals surface area (Å²) in [6, 6.07) is 3.99. The summed E-state index contributed by atoms with van der Waals surface area (Å²) in [6.45, 7) is 1.20. The van der Waals surface area contributed by atoms with Crippen molar-refractivity contribution in [3.63, 3.8) is 0 Å². The van der Waals surface area contributed by atoms with Crippen molar-refractivity contribution in [2.24, 2.45) is 0 Å². The number of piperazine rings is 1. The van der Waals surface area contributed by atoms with Crippen LogP contribution in [0.3, 0.4) is 0 Å². The van der Waals surface area contributed by atoms with Gasteiger partial charge >= 0.3 is 5.97 Å². The monoisotopic (exact) mass is 346 g/mol. The smallest absolute Gasteiger partial charge is 0.327 e. The molecule has 0 radical (unpaired) electrons. The van der Waals surface area contributed by atoms with Crippen molar-refractivity contribution in [1.82, 2.24) is 10.2 Å². The lowest BCUT2D eigenvalue weighted by Crippen LogP contribution is -2.56. The zero-order valence-electron chi connectivity index (χ0n) is 9.90. The quantitative estimate of drug-likeness (QED) is 0.852. The van der Waals surface area contributed by atoms with Crippen LogP contribution in [0, 0.1) is 0 Å². The SMILES string of the molecule is O=C(O)C1CNCCN1C(=O)c1ccc(Br)c(Cl)c1. The summed E-state index contributed by atoms with van der Waals surface area (Å²) in [5, 5.41) is 12.5. The molecule has 19 heavy (non-hydrogen) atoms. The van der Waals surface area contributed by atoms with Crippen LogP contribution in [0.1, 0.15) is 10.4 Å². The molecule has 1 fully saturated rings. The van der Waals surface area contributed by atoms with E-state index in [-0.39, 0.29) is 12.5 Å². The molecule has 2 rings (SSSR count). The fourth-order valence-electron chi connectivity index (χ4n) is 1.96. The molecule has 1 aromatic rings. The zero-order valence-corrected chi connectivity index (χ0v) is 12.2. The second kappa shape index (κ2) is 5.90. The molecule has 0 aliphatic carbocycles. The molecule has 0 spiro atoms. The third-order valence-corrected chi connectivity index (χ3v) is 4.19. The van der Waals surface area contributed by atoms with Gasteiger partial charge in [-0.15, -0.1) is 0 Å². The Labute approximate surface area is 123 Å². The average molecular weight is 348 g/mol. The molecule has 0 aromatic heterocycles. The Balaban J connectivity index is 2.26. The van der Waals surface area contributed by atoms with E-state index in [1.54, 1.807) is 12.1 Å². The van der Waals surface area contributed by atoms with Crippen molar-refractivity contribution in [3.05, 3.63) is 33.3 Å². The first-order valence-corrected chi connectivity index (χ1v) is 6.87. The minimum atomic E-state index is -1.01. The Bertz CT molecular complexity index is 524. The van der Waals surface area contributed by atoms with Gasteiger partial charge in [0.2, 0.25) is 0 Å². The van der Waals surface area contributed by atoms with E-state index < -0.39 is 12.0 Å². The maximum Gasteiger partial charge on any atom is 0.327 e. The Kier molecular flexibility index (Phi) is 4.44. The summed E-state index contributed by atoms with van der Waals surface area (Å²) in [5.74, 6) is -1.33. The number of aliphatic carboxylic acids is 1. The van der Waals surface area contributed by atoms with Crippen molar-refractivity contribution in [2.45, 2.75) is 6.04 Å². The zero-order chi connectivity index (χ0) is 14.0. The molecule has 0 saturated carbocycles. The van der Waals surface area contributed by atoms with Gasteiger partial charge in [-0.2, -0.15) is 0 Å². The molecule has 1 atom stereocenters. The van der Waals surface area contributed by atoms with E-state index in [9.17, 15) is 9.59 Å². The molecular weight excluding hydrogens is 336 g/mol. The summed E-state index contributed by atoms with van der Waals surface area (Å²) in [4.78, 5) is 24.9. The summed E-state index contributed by atoms with van der Waals surface area (Å²) >= 11 is 9.20. The first-order valence-electron chi connectivity index (χ1n) is 5.70. The van der Waals surface area contributed by atoms with Crippen LogP contribution in [-0.2, 0) is 4.79 Å². The topological polar surface area (TPSA) is 69.6 Å². The average Bonchev–Trinajstić information content (AvgIpc) is 2.41. The Morgan fingerprint density at radius 1 is 1.47 bits per heavy atom. The number of rotatable bonds is 2. The molecular formula is C12H12BrClN2O3. The lowest BCUT2D eigenvalue weighted by Gasteiger charge is -2.33. The number of amides is 1. The highest BCUT2D eigenvalue weighted by molar-refractivity contribution is 9.10. The van der Waals surface area contributed by atoms with Crippen LogP contribution >= 0.6 is 27.5 Å². The largest absolute Gasteiger partial charge is 0.480 e. The minimum Gasteiger partial charge on any atom is -0.480 e. The van der Waals surface area contributed by atoms with Crippen molar-refractivity contribution < 1.29 is 14.7 Å². The summed E-state index contributed by atoms with van der Waals surface area (Å²) in [6.07, 6.45) is 0. The molecule has 1 saturated heterocycles. The van der Waals surface area contributed by atoms with Crippen molar-refractivity contribution in [1.29, 1.82) is 0 Å². The van der Waals surface area contributed by atoms with Gasteiger partial charge in [-0.05, 0) is 34.1 Å². The lowest BCUT2D eigenvalue weighted by molar-refractivity contribution is -0.142. The molecule has 1 heterocycles. The van der Waals surface area contributed by atoms with E-state index in [0.29, 0.717) is 28.1 Å². The van der Waals surface area contributed by atoms with Gasteiger partial charge in [0.15, 0.2) is 0 Å². The van der Waals surface area contributed by atoms with Gasteiger partial charge in [0, 0.05) is 29.7 Å². The van der Waals surface area contributed by atoms with Crippen LogP contribution in [0.15, 0.2) is 22.7 Å². The Morgan fingerprint density at radius 3 is 2.84 bits per heavy atom. The normalized spacial score (nSPS) is 19.3. The number of nitrogens with one attached hydrogen (secondary N) is 1. The predicted molar refractivity (Wildman–Crippen MR) is 74.5 cm³/mol. The number of halogens is 2. The number of hydrogen-bond acceptors (Lipinski definition) is 3. The first-order chi connectivity index (χ1) is 9.00. The number of nitrogens with zero attached hydrogens (tertiary/aromatic N) is 1. The predicted octanol–water partition coefficient (Wildman–Crippen LogP) is 1.60. The van der Waals surface area contributed by atoms with Crippen molar-refractivity contribution >= 4 is 39.4 Å². The molecule has 2 N–H and O–H groups in total. The maximum absolute atomic E-state index is 12.3. The molecule has 1 unspecified atom stereocenters. The minimum absolute atomic E-state index is 0.255. The van der Waals surface area contributed by atoms with Crippen LogP contribution < -0.4 is 5.32 Å². The Hall–Kier alpha value is -1.11. The van der Waals surface area contributed by atoms with E-state index in [4.69, 9.17) is 16.7 Å².